The summed E-state index contributed by atoms with van der Waals surface area (Å²) in [6.07, 6.45) is 4.14. The molecule has 0 bridgehead atoms. The molecule has 126 valence electrons. The van der Waals surface area contributed by atoms with Crippen molar-refractivity contribution in [2.45, 2.75) is 19.6 Å². The summed E-state index contributed by atoms with van der Waals surface area (Å²) in [4.78, 5) is 13.7. The van der Waals surface area contributed by atoms with E-state index in [0.29, 0.717) is 24.8 Å². The number of piperazine rings is 1. The Morgan fingerprint density at radius 3 is 2.54 bits per heavy atom. The zero-order valence-corrected chi connectivity index (χ0v) is 13.5. The zero-order valence-electron chi connectivity index (χ0n) is 13.5. The van der Waals surface area contributed by atoms with E-state index in [2.05, 4.69) is 35.5 Å². The molecule has 3 aromatic heterocycles. The molecule has 0 saturated carbocycles. The summed E-state index contributed by atoms with van der Waals surface area (Å²) >= 11 is 0. The molecule has 0 unspecified atom stereocenters. The van der Waals surface area contributed by atoms with Gasteiger partial charge in [-0.15, -0.1) is 0 Å². The van der Waals surface area contributed by atoms with E-state index < -0.39 is 0 Å². The summed E-state index contributed by atoms with van der Waals surface area (Å²) in [5.74, 6) is 1.21. The molecular weight excluding hydrogens is 306 g/mol. The first-order valence-electron chi connectivity index (χ1n) is 8.19. The van der Waals surface area contributed by atoms with Gasteiger partial charge in [0, 0.05) is 45.1 Å². The van der Waals surface area contributed by atoms with Crippen LogP contribution in [0, 0.1) is 0 Å². The zero-order chi connectivity index (χ0) is 16.4. The average molecular weight is 327 g/mol. The average Bonchev–Trinajstić information content (AvgIpc) is 3.22. The summed E-state index contributed by atoms with van der Waals surface area (Å²) in [5, 5.41) is 3.96. The van der Waals surface area contributed by atoms with Crippen LogP contribution < -0.4 is 5.73 Å². The molecule has 0 atom stereocenters. The Hall–Kier alpha value is -2.29. The lowest BCUT2D eigenvalue weighted by Crippen LogP contribution is -2.45. The van der Waals surface area contributed by atoms with Crippen molar-refractivity contribution < 1.29 is 4.52 Å². The Morgan fingerprint density at radius 1 is 1.04 bits per heavy atom. The highest BCUT2D eigenvalue weighted by Crippen LogP contribution is 2.11. The molecule has 1 saturated heterocycles. The van der Waals surface area contributed by atoms with Gasteiger partial charge in [0.1, 0.15) is 5.65 Å². The van der Waals surface area contributed by atoms with Crippen molar-refractivity contribution in [2.24, 2.45) is 5.73 Å². The van der Waals surface area contributed by atoms with Gasteiger partial charge >= 0.3 is 0 Å². The molecule has 1 aliphatic rings. The van der Waals surface area contributed by atoms with Gasteiger partial charge in [-0.2, -0.15) is 4.98 Å². The van der Waals surface area contributed by atoms with Crippen molar-refractivity contribution in [1.29, 1.82) is 0 Å². The van der Waals surface area contributed by atoms with Crippen molar-refractivity contribution in [3.05, 3.63) is 48.0 Å². The quantitative estimate of drug-likeness (QED) is 0.729. The second-order valence-corrected chi connectivity index (χ2v) is 6.06. The molecule has 0 spiro atoms. The summed E-state index contributed by atoms with van der Waals surface area (Å²) in [7, 11) is 0. The van der Waals surface area contributed by atoms with Crippen LogP contribution in [0.5, 0.6) is 0 Å². The van der Waals surface area contributed by atoms with Gasteiger partial charge in [0.2, 0.25) is 5.89 Å². The van der Waals surface area contributed by atoms with E-state index in [1.165, 1.54) is 0 Å². The molecule has 1 fully saturated rings. The normalized spacial score (nSPS) is 16.9. The smallest absolute Gasteiger partial charge is 0.240 e. The van der Waals surface area contributed by atoms with Gasteiger partial charge in [0.05, 0.1) is 18.8 Å². The first-order valence-corrected chi connectivity index (χ1v) is 8.19. The number of pyridine rings is 1. The predicted molar refractivity (Wildman–Crippen MR) is 87.9 cm³/mol. The topological polar surface area (TPSA) is 88.7 Å². The first kappa shape index (κ1) is 15.3. The minimum absolute atomic E-state index is 0.291. The Bertz CT molecular complexity index is 770. The number of aromatic nitrogens is 4. The van der Waals surface area contributed by atoms with Gasteiger partial charge < -0.3 is 14.7 Å². The maximum atomic E-state index is 5.49. The van der Waals surface area contributed by atoms with Crippen molar-refractivity contribution in [1.82, 2.24) is 29.3 Å². The number of rotatable bonds is 5. The number of nitrogens with two attached hydrogens (primary N) is 1. The van der Waals surface area contributed by atoms with Gasteiger partial charge in [-0.3, -0.25) is 9.80 Å². The van der Waals surface area contributed by atoms with Crippen molar-refractivity contribution in [3.8, 4) is 0 Å². The van der Waals surface area contributed by atoms with E-state index in [-0.39, 0.29) is 0 Å². The lowest BCUT2D eigenvalue weighted by molar-refractivity contribution is 0.118. The molecule has 4 heterocycles. The molecule has 8 nitrogen and oxygen atoms in total. The number of nitrogens with zero attached hydrogens (tertiary/aromatic N) is 6. The van der Waals surface area contributed by atoms with E-state index in [4.69, 9.17) is 10.3 Å². The van der Waals surface area contributed by atoms with E-state index in [1.807, 2.05) is 24.4 Å². The number of imidazole rings is 1. The molecule has 0 amide bonds. The van der Waals surface area contributed by atoms with Crippen LogP contribution in [0.25, 0.3) is 5.65 Å². The Balaban J connectivity index is 1.31. The largest absolute Gasteiger partial charge is 0.338 e. The van der Waals surface area contributed by atoms with Crippen molar-refractivity contribution >= 4 is 5.65 Å². The molecule has 0 radical (unpaired) electrons. The lowest BCUT2D eigenvalue weighted by Gasteiger charge is -2.33. The predicted octanol–water partition coefficient (Wildman–Crippen LogP) is 0.494. The molecule has 24 heavy (non-hydrogen) atoms. The van der Waals surface area contributed by atoms with Gasteiger partial charge in [0.25, 0.3) is 0 Å². The van der Waals surface area contributed by atoms with Crippen molar-refractivity contribution in [2.75, 3.05) is 26.2 Å². The highest BCUT2D eigenvalue weighted by molar-refractivity contribution is 5.39. The second-order valence-electron chi connectivity index (χ2n) is 6.06. The maximum absolute atomic E-state index is 5.49. The fourth-order valence-corrected chi connectivity index (χ4v) is 3.04. The minimum atomic E-state index is 0.291. The van der Waals surface area contributed by atoms with Crippen LogP contribution in [-0.2, 0) is 19.6 Å². The van der Waals surface area contributed by atoms with Crippen LogP contribution in [-0.4, -0.2) is 55.5 Å². The van der Waals surface area contributed by atoms with Crippen LogP contribution in [0.1, 0.15) is 17.4 Å². The van der Waals surface area contributed by atoms with Gasteiger partial charge in [-0.05, 0) is 12.1 Å². The molecule has 2 N–H and O–H groups in total. The molecule has 8 heteroatoms. The summed E-state index contributed by atoms with van der Waals surface area (Å²) in [6.45, 7) is 5.88. The number of fused-ring (bicyclic) bond motifs is 1. The SMILES string of the molecule is NCc1nc(CN2CCN(Cc3cn4ccccc4n3)CC2)no1. The van der Waals surface area contributed by atoms with Gasteiger partial charge in [0.15, 0.2) is 5.82 Å². The first-order chi connectivity index (χ1) is 11.8. The Kier molecular flexibility index (Phi) is 4.24. The Morgan fingerprint density at radius 2 is 1.83 bits per heavy atom. The minimum Gasteiger partial charge on any atom is -0.338 e. The van der Waals surface area contributed by atoms with E-state index in [1.54, 1.807) is 0 Å². The second kappa shape index (κ2) is 6.68. The van der Waals surface area contributed by atoms with Crippen LogP contribution in [0.4, 0.5) is 0 Å². The van der Waals surface area contributed by atoms with Gasteiger partial charge in [-0.25, -0.2) is 4.98 Å². The number of hydrogen-bond acceptors (Lipinski definition) is 7. The third-order valence-corrected chi connectivity index (χ3v) is 4.31. The third-order valence-electron chi connectivity index (χ3n) is 4.31. The van der Waals surface area contributed by atoms with Crippen LogP contribution >= 0.6 is 0 Å². The number of hydrogen-bond donors (Lipinski definition) is 1. The lowest BCUT2D eigenvalue weighted by atomic mass is 10.3. The summed E-state index contributed by atoms with van der Waals surface area (Å²) in [6, 6.07) is 6.06. The summed E-state index contributed by atoms with van der Waals surface area (Å²) < 4.78 is 7.12. The summed E-state index contributed by atoms with van der Waals surface area (Å²) in [5.41, 5.74) is 7.60. The fraction of sp³-hybridized carbons (Fsp3) is 0.438. The van der Waals surface area contributed by atoms with E-state index in [0.717, 1.165) is 44.1 Å². The molecule has 0 aliphatic carbocycles. The Labute approximate surface area is 139 Å². The molecule has 0 aromatic carbocycles. The van der Waals surface area contributed by atoms with Crippen molar-refractivity contribution in [3.63, 3.8) is 0 Å². The standard InChI is InChI=1S/C16H21N7O/c17-9-16-19-14(20-24-16)12-22-7-5-21(6-8-22)10-13-11-23-4-2-1-3-15(23)18-13/h1-4,11H,5-10,12,17H2. The highest BCUT2D eigenvalue weighted by atomic mass is 16.5. The molecule has 3 aromatic rings. The van der Waals surface area contributed by atoms with Crippen LogP contribution in [0.2, 0.25) is 0 Å². The van der Waals surface area contributed by atoms with Gasteiger partial charge in [-0.1, -0.05) is 11.2 Å². The monoisotopic (exact) mass is 327 g/mol. The highest BCUT2D eigenvalue weighted by Gasteiger charge is 2.19. The molecular formula is C16H21N7O. The van der Waals surface area contributed by atoms with Crippen LogP contribution in [0.3, 0.4) is 0 Å². The maximum Gasteiger partial charge on any atom is 0.240 e. The van der Waals surface area contributed by atoms with E-state index >= 15 is 0 Å². The fourth-order valence-electron chi connectivity index (χ4n) is 3.04. The molecule has 4 rings (SSSR count). The molecule has 1 aliphatic heterocycles. The third kappa shape index (κ3) is 3.30. The van der Waals surface area contributed by atoms with E-state index in [9.17, 15) is 0 Å². The van der Waals surface area contributed by atoms with Crippen LogP contribution in [0.15, 0.2) is 35.1 Å².